The Morgan fingerprint density at radius 3 is 2.63 bits per heavy atom. The average Bonchev–Trinajstić information content (AvgIpc) is 3.19. The number of benzene rings is 1. The summed E-state index contributed by atoms with van der Waals surface area (Å²) in [6, 6.07) is 10.4. The van der Waals surface area contributed by atoms with E-state index in [0.29, 0.717) is 6.54 Å². The van der Waals surface area contributed by atoms with Crippen LogP contribution in [0.4, 0.5) is 0 Å². The molecular formula is C21H32N6. The van der Waals surface area contributed by atoms with Gasteiger partial charge >= 0.3 is 0 Å². The number of nitrogens with one attached hydrogen (secondary N) is 2. The number of aliphatic imine (C=N–C) groups is 1. The lowest BCUT2D eigenvalue weighted by atomic mass is 9.97. The minimum atomic E-state index is 0.667. The van der Waals surface area contributed by atoms with E-state index in [1.165, 1.54) is 37.1 Å². The molecule has 3 rings (SSSR count). The van der Waals surface area contributed by atoms with Gasteiger partial charge in [-0.1, -0.05) is 24.3 Å². The molecule has 0 aliphatic carbocycles. The fraction of sp³-hybridized carbons (Fsp3) is 0.524. The van der Waals surface area contributed by atoms with Gasteiger partial charge in [-0.3, -0.25) is 4.68 Å². The van der Waals surface area contributed by atoms with E-state index < -0.39 is 0 Å². The average molecular weight is 369 g/mol. The maximum Gasteiger partial charge on any atom is 0.191 e. The number of piperidine rings is 1. The van der Waals surface area contributed by atoms with E-state index in [-0.39, 0.29) is 0 Å². The minimum Gasteiger partial charge on any atom is -0.357 e. The van der Waals surface area contributed by atoms with Crippen LogP contribution in [0.15, 0.2) is 47.7 Å². The number of guanidine groups is 1. The third-order valence-electron chi connectivity index (χ3n) is 5.16. The number of hydrogen-bond donors (Lipinski definition) is 2. The monoisotopic (exact) mass is 368 g/mol. The van der Waals surface area contributed by atoms with Crippen molar-refractivity contribution in [2.45, 2.75) is 32.9 Å². The maximum absolute atomic E-state index is 4.83. The van der Waals surface area contributed by atoms with Gasteiger partial charge in [0.25, 0.3) is 0 Å². The third kappa shape index (κ3) is 6.10. The lowest BCUT2D eigenvalue weighted by Crippen LogP contribution is -2.42. The molecule has 1 aromatic carbocycles. The van der Waals surface area contributed by atoms with Gasteiger partial charge in [-0.25, -0.2) is 4.99 Å². The van der Waals surface area contributed by atoms with Crippen LogP contribution in [0.25, 0.3) is 0 Å². The third-order valence-corrected chi connectivity index (χ3v) is 5.16. The van der Waals surface area contributed by atoms with Crippen molar-refractivity contribution in [3.8, 4) is 0 Å². The summed E-state index contributed by atoms with van der Waals surface area (Å²) in [5.41, 5.74) is 2.50. The Morgan fingerprint density at radius 2 is 1.93 bits per heavy atom. The molecule has 0 unspecified atom stereocenters. The molecule has 146 valence electrons. The van der Waals surface area contributed by atoms with Crippen molar-refractivity contribution < 1.29 is 0 Å². The Bertz CT molecular complexity index is 701. The summed E-state index contributed by atoms with van der Waals surface area (Å²) in [6.07, 6.45) is 6.33. The zero-order chi connectivity index (χ0) is 18.9. The second-order valence-corrected chi connectivity index (χ2v) is 7.30. The van der Waals surface area contributed by atoms with Crippen LogP contribution in [0, 0.1) is 5.92 Å². The van der Waals surface area contributed by atoms with Crippen molar-refractivity contribution in [3.63, 3.8) is 0 Å². The largest absolute Gasteiger partial charge is 0.357 e. The van der Waals surface area contributed by atoms with Crippen molar-refractivity contribution in [2.24, 2.45) is 10.9 Å². The SMILES string of the molecule is CCNC(=NCc1ccccc1Cn1cccn1)NCC1CCN(C)CC1. The highest BCUT2D eigenvalue weighted by atomic mass is 15.3. The van der Waals surface area contributed by atoms with Crippen LogP contribution >= 0.6 is 0 Å². The van der Waals surface area contributed by atoms with Crippen molar-refractivity contribution in [3.05, 3.63) is 53.9 Å². The molecule has 6 nitrogen and oxygen atoms in total. The van der Waals surface area contributed by atoms with E-state index in [0.717, 1.165) is 31.5 Å². The highest BCUT2D eigenvalue weighted by Gasteiger charge is 2.16. The van der Waals surface area contributed by atoms with Crippen molar-refractivity contribution in [2.75, 3.05) is 33.2 Å². The fourth-order valence-corrected chi connectivity index (χ4v) is 3.45. The van der Waals surface area contributed by atoms with E-state index >= 15 is 0 Å². The predicted octanol–water partition coefficient (Wildman–Crippen LogP) is 2.33. The first-order valence-corrected chi connectivity index (χ1v) is 9.99. The van der Waals surface area contributed by atoms with Gasteiger partial charge in [-0.15, -0.1) is 0 Å². The van der Waals surface area contributed by atoms with Crippen LogP contribution in [0.2, 0.25) is 0 Å². The van der Waals surface area contributed by atoms with Crippen LogP contribution in [0.5, 0.6) is 0 Å². The lowest BCUT2D eigenvalue weighted by molar-refractivity contribution is 0.220. The number of nitrogens with zero attached hydrogens (tertiary/aromatic N) is 4. The fourth-order valence-electron chi connectivity index (χ4n) is 3.45. The Kier molecular flexibility index (Phi) is 7.27. The van der Waals surface area contributed by atoms with Crippen LogP contribution in [0.1, 0.15) is 30.9 Å². The van der Waals surface area contributed by atoms with Gasteiger partial charge in [0.05, 0.1) is 13.1 Å². The summed E-state index contributed by atoms with van der Waals surface area (Å²) in [5.74, 6) is 1.64. The molecule has 0 atom stereocenters. The van der Waals surface area contributed by atoms with E-state index in [2.05, 4.69) is 58.9 Å². The maximum atomic E-state index is 4.83. The minimum absolute atomic E-state index is 0.667. The van der Waals surface area contributed by atoms with Gasteiger partial charge in [-0.05, 0) is 63.0 Å². The molecule has 1 aliphatic heterocycles. The summed E-state index contributed by atoms with van der Waals surface area (Å²) >= 11 is 0. The summed E-state index contributed by atoms with van der Waals surface area (Å²) < 4.78 is 1.95. The molecule has 0 bridgehead atoms. The first kappa shape index (κ1) is 19.4. The van der Waals surface area contributed by atoms with Crippen molar-refractivity contribution >= 4 is 5.96 Å². The number of rotatable bonds is 7. The smallest absolute Gasteiger partial charge is 0.191 e. The van der Waals surface area contributed by atoms with E-state index in [4.69, 9.17) is 4.99 Å². The Hall–Kier alpha value is -2.34. The van der Waals surface area contributed by atoms with Crippen molar-refractivity contribution in [1.82, 2.24) is 25.3 Å². The highest BCUT2D eigenvalue weighted by molar-refractivity contribution is 5.79. The van der Waals surface area contributed by atoms with Gasteiger partial charge in [0, 0.05) is 25.5 Å². The molecule has 1 saturated heterocycles. The molecule has 27 heavy (non-hydrogen) atoms. The summed E-state index contributed by atoms with van der Waals surface area (Å²) in [5, 5.41) is 11.2. The quantitative estimate of drug-likeness (QED) is 0.582. The molecule has 6 heteroatoms. The molecule has 2 N–H and O–H groups in total. The Labute approximate surface area is 162 Å². The molecule has 0 radical (unpaired) electrons. The second kappa shape index (κ2) is 10.1. The van der Waals surface area contributed by atoms with E-state index in [1.54, 1.807) is 0 Å². The molecule has 1 aromatic heterocycles. The first-order valence-electron chi connectivity index (χ1n) is 9.99. The van der Waals surface area contributed by atoms with Crippen LogP contribution in [0.3, 0.4) is 0 Å². The highest BCUT2D eigenvalue weighted by Crippen LogP contribution is 2.15. The summed E-state index contributed by atoms with van der Waals surface area (Å²) in [4.78, 5) is 7.24. The Balaban J connectivity index is 1.59. The zero-order valence-electron chi connectivity index (χ0n) is 16.6. The number of hydrogen-bond acceptors (Lipinski definition) is 3. The molecule has 0 saturated carbocycles. The van der Waals surface area contributed by atoms with E-state index in [9.17, 15) is 0 Å². The van der Waals surface area contributed by atoms with Crippen LogP contribution in [-0.2, 0) is 13.1 Å². The van der Waals surface area contributed by atoms with Gasteiger partial charge in [0.15, 0.2) is 5.96 Å². The zero-order valence-corrected chi connectivity index (χ0v) is 16.6. The first-order chi connectivity index (χ1) is 13.2. The Morgan fingerprint density at radius 1 is 1.15 bits per heavy atom. The van der Waals surface area contributed by atoms with Gasteiger partial charge in [-0.2, -0.15) is 5.10 Å². The molecule has 1 aliphatic rings. The second-order valence-electron chi connectivity index (χ2n) is 7.30. The van der Waals surface area contributed by atoms with Crippen molar-refractivity contribution in [1.29, 1.82) is 0 Å². The number of likely N-dealkylation sites (tertiary alicyclic amines) is 1. The van der Waals surface area contributed by atoms with Crippen LogP contribution < -0.4 is 10.6 Å². The van der Waals surface area contributed by atoms with Gasteiger partial charge < -0.3 is 15.5 Å². The summed E-state index contributed by atoms with van der Waals surface area (Å²) in [6.45, 7) is 7.81. The topological polar surface area (TPSA) is 57.5 Å². The number of aromatic nitrogens is 2. The van der Waals surface area contributed by atoms with Gasteiger partial charge in [0.1, 0.15) is 0 Å². The normalized spacial score (nSPS) is 16.4. The van der Waals surface area contributed by atoms with Crippen LogP contribution in [-0.4, -0.2) is 53.9 Å². The lowest BCUT2D eigenvalue weighted by Gasteiger charge is -2.29. The molecule has 0 amide bonds. The van der Waals surface area contributed by atoms with Gasteiger partial charge in [0.2, 0.25) is 0 Å². The predicted molar refractivity (Wildman–Crippen MR) is 111 cm³/mol. The standard InChI is InChI=1S/C21H32N6/c1-3-22-21(23-15-18-9-13-26(2)14-10-18)24-16-19-7-4-5-8-20(19)17-27-12-6-11-25-27/h4-8,11-12,18H,3,9-10,13-17H2,1-2H3,(H2,22,23,24). The molecular weight excluding hydrogens is 336 g/mol. The molecule has 2 aromatic rings. The molecule has 1 fully saturated rings. The molecule has 0 spiro atoms. The summed E-state index contributed by atoms with van der Waals surface area (Å²) in [7, 11) is 2.20. The van der Waals surface area contributed by atoms with E-state index in [1.807, 2.05) is 23.1 Å². The molecule has 2 heterocycles.